The molecule has 0 aromatic heterocycles. The molecule has 0 amide bonds. The van der Waals surface area contributed by atoms with Crippen LogP contribution in [0.25, 0.3) is 0 Å². The lowest BCUT2D eigenvalue weighted by Gasteiger charge is -2.44. The summed E-state index contributed by atoms with van der Waals surface area (Å²) >= 11 is 1.92. The average molecular weight is 327 g/mol. The van der Waals surface area contributed by atoms with E-state index in [0.29, 0.717) is 12.1 Å². The SMILES string of the molecule is CSCC[C@H]1COC[C@@H](Cc2ccccc2)N1c1ccccc1. The van der Waals surface area contributed by atoms with Crippen LogP contribution in [0.5, 0.6) is 0 Å². The fourth-order valence-corrected chi connectivity index (χ4v) is 3.85. The van der Waals surface area contributed by atoms with Gasteiger partial charge >= 0.3 is 0 Å². The van der Waals surface area contributed by atoms with E-state index in [1.807, 2.05) is 11.8 Å². The van der Waals surface area contributed by atoms with E-state index < -0.39 is 0 Å². The van der Waals surface area contributed by atoms with Gasteiger partial charge in [0.2, 0.25) is 0 Å². The first-order valence-electron chi connectivity index (χ1n) is 8.32. The Hall–Kier alpha value is -1.45. The maximum Gasteiger partial charge on any atom is 0.0674 e. The lowest BCUT2D eigenvalue weighted by Crippen LogP contribution is -2.53. The number of morpholine rings is 1. The summed E-state index contributed by atoms with van der Waals surface area (Å²) < 4.78 is 5.96. The zero-order valence-corrected chi connectivity index (χ0v) is 14.5. The van der Waals surface area contributed by atoms with Crippen molar-refractivity contribution in [1.29, 1.82) is 0 Å². The molecule has 2 aromatic rings. The molecule has 23 heavy (non-hydrogen) atoms. The molecule has 0 N–H and O–H groups in total. The van der Waals surface area contributed by atoms with E-state index >= 15 is 0 Å². The van der Waals surface area contributed by atoms with Gasteiger partial charge in [-0.25, -0.2) is 0 Å². The normalized spacial score (nSPS) is 21.3. The number of nitrogens with zero attached hydrogens (tertiary/aromatic N) is 1. The molecule has 122 valence electrons. The standard InChI is InChI=1S/C20H25NOS/c1-23-13-12-19-15-22-16-20(14-17-8-4-2-5-9-17)21(19)18-10-6-3-7-11-18/h2-11,19-20H,12-16H2,1H3/t19-,20+/m0/s1. The molecule has 3 heteroatoms. The second-order valence-electron chi connectivity index (χ2n) is 6.06. The molecule has 1 heterocycles. The van der Waals surface area contributed by atoms with E-state index in [-0.39, 0.29) is 0 Å². The number of hydrogen-bond donors (Lipinski definition) is 0. The van der Waals surface area contributed by atoms with Crippen molar-refractivity contribution in [3.8, 4) is 0 Å². The average Bonchev–Trinajstić information content (AvgIpc) is 2.61. The van der Waals surface area contributed by atoms with Crippen molar-refractivity contribution in [3.05, 3.63) is 66.2 Å². The zero-order valence-electron chi connectivity index (χ0n) is 13.7. The Bertz CT molecular complexity index is 575. The fourth-order valence-electron chi connectivity index (χ4n) is 3.34. The minimum atomic E-state index is 0.403. The third-order valence-electron chi connectivity index (χ3n) is 4.43. The molecule has 1 saturated heterocycles. The van der Waals surface area contributed by atoms with E-state index in [1.165, 1.54) is 23.4 Å². The Kier molecular flexibility index (Phi) is 6.00. The van der Waals surface area contributed by atoms with Gasteiger partial charge in [-0.1, -0.05) is 48.5 Å². The van der Waals surface area contributed by atoms with Crippen LogP contribution in [-0.2, 0) is 11.2 Å². The summed E-state index contributed by atoms with van der Waals surface area (Å²) in [5.74, 6) is 1.18. The van der Waals surface area contributed by atoms with Gasteiger partial charge < -0.3 is 9.64 Å². The van der Waals surface area contributed by atoms with Gasteiger partial charge in [-0.3, -0.25) is 0 Å². The summed E-state index contributed by atoms with van der Waals surface area (Å²) in [6.45, 7) is 1.64. The third kappa shape index (κ3) is 4.30. The fraction of sp³-hybridized carbons (Fsp3) is 0.400. The summed E-state index contributed by atoms with van der Waals surface area (Å²) in [4.78, 5) is 2.60. The van der Waals surface area contributed by atoms with Crippen molar-refractivity contribution in [1.82, 2.24) is 0 Å². The monoisotopic (exact) mass is 327 g/mol. The highest BCUT2D eigenvalue weighted by Crippen LogP contribution is 2.27. The molecule has 0 bridgehead atoms. The van der Waals surface area contributed by atoms with Gasteiger partial charge in [0, 0.05) is 5.69 Å². The number of benzene rings is 2. The summed E-state index contributed by atoms with van der Waals surface area (Å²) in [6, 6.07) is 22.5. The second-order valence-corrected chi connectivity index (χ2v) is 7.04. The van der Waals surface area contributed by atoms with E-state index in [1.54, 1.807) is 0 Å². The van der Waals surface area contributed by atoms with Crippen LogP contribution in [0.15, 0.2) is 60.7 Å². The van der Waals surface area contributed by atoms with E-state index in [0.717, 1.165) is 19.6 Å². The molecular formula is C20H25NOS. The molecule has 0 spiro atoms. The molecule has 1 aliphatic rings. The van der Waals surface area contributed by atoms with Gasteiger partial charge in [0.05, 0.1) is 25.3 Å². The van der Waals surface area contributed by atoms with Gasteiger partial charge in [0.15, 0.2) is 0 Å². The van der Waals surface area contributed by atoms with Crippen LogP contribution in [0, 0.1) is 0 Å². The van der Waals surface area contributed by atoms with Crippen molar-refractivity contribution in [3.63, 3.8) is 0 Å². The number of hydrogen-bond acceptors (Lipinski definition) is 3. The molecular weight excluding hydrogens is 302 g/mol. The van der Waals surface area contributed by atoms with Crippen molar-refractivity contribution in [2.75, 3.05) is 30.1 Å². The molecule has 2 nitrogen and oxygen atoms in total. The topological polar surface area (TPSA) is 12.5 Å². The molecule has 0 saturated carbocycles. The van der Waals surface area contributed by atoms with E-state index in [2.05, 4.69) is 71.8 Å². The lowest BCUT2D eigenvalue weighted by molar-refractivity contribution is 0.0657. The van der Waals surface area contributed by atoms with Crippen LogP contribution in [0.4, 0.5) is 5.69 Å². The summed E-state index contributed by atoms with van der Waals surface area (Å²) in [5.41, 5.74) is 2.70. The minimum absolute atomic E-state index is 0.403. The molecule has 0 unspecified atom stereocenters. The number of ether oxygens (including phenoxy) is 1. The van der Waals surface area contributed by atoms with Crippen LogP contribution in [-0.4, -0.2) is 37.3 Å². The number of rotatable bonds is 6. The quantitative estimate of drug-likeness (QED) is 0.787. The second kappa shape index (κ2) is 8.42. The molecule has 1 fully saturated rings. The van der Waals surface area contributed by atoms with Crippen LogP contribution in [0.1, 0.15) is 12.0 Å². The maximum atomic E-state index is 5.96. The molecule has 3 rings (SSSR count). The largest absolute Gasteiger partial charge is 0.377 e. The Balaban J connectivity index is 1.83. The highest BCUT2D eigenvalue weighted by Gasteiger charge is 2.31. The predicted octanol–water partition coefficient (Wildman–Crippen LogP) is 4.26. The number of thioether (sulfide) groups is 1. The van der Waals surface area contributed by atoms with Gasteiger partial charge in [-0.05, 0) is 42.5 Å². The van der Waals surface area contributed by atoms with Gasteiger partial charge in [0.1, 0.15) is 0 Å². The van der Waals surface area contributed by atoms with Gasteiger partial charge in [-0.2, -0.15) is 11.8 Å². The molecule has 2 aromatic carbocycles. The number of para-hydroxylation sites is 1. The maximum absolute atomic E-state index is 5.96. The molecule has 0 aliphatic carbocycles. The van der Waals surface area contributed by atoms with E-state index in [4.69, 9.17) is 4.74 Å². The van der Waals surface area contributed by atoms with Gasteiger partial charge in [-0.15, -0.1) is 0 Å². The first kappa shape index (κ1) is 16.4. The van der Waals surface area contributed by atoms with Crippen molar-refractivity contribution < 1.29 is 4.74 Å². The molecule has 1 aliphatic heterocycles. The van der Waals surface area contributed by atoms with E-state index in [9.17, 15) is 0 Å². The first-order valence-corrected chi connectivity index (χ1v) is 9.72. The lowest BCUT2D eigenvalue weighted by atomic mass is 10.00. The van der Waals surface area contributed by atoms with Gasteiger partial charge in [0.25, 0.3) is 0 Å². The number of anilines is 1. The molecule has 0 radical (unpaired) electrons. The zero-order chi connectivity index (χ0) is 15.9. The van der Waals surface area contributed by atoms with Crippen LogP contribution in [0.3, 0.4) is 0 Å². The highest BCUT2D eigenvalue weighted by molar-refractivity contribution is 7.98. The molecule has 2 atom stereocenters. The van der Waals surface area contributed by atoms with Crippen molar-refractivity contribution in [2.24, 2.45) is 0 Å². The highest BCUT2D eigenvalue weighted by atomic mass is 32.2. The Morgan fingerprint density at radius 1 is 0.957 bits per heavy atom. The van der Waals surface area contributed by atoms with Crippen molar-refractivity contribution >= 4 is 17.4 Å². The Morgan fingerprint density at radius 3 is 2.30 bits per heavy atom. The Morgan fingerprint density at radius 2 is 1.61 bits per heavy atom. The smallest absolute Gasteiger partial charge is 0.0674 e. The Labute approximate surface area is 143 Å². The van der Waals surface area contributed by atoms with Crippen LogP contribution in [0.2, 0.25) is 0 Å². The summed E-state index contributed by atoms with van der Waals surface area (Å²) in [7, 11) is 0. The first-order chi connectivity index (χ1) is 11.4. The predicted molar refractivity (Wildman–Crippen MR) is 100 cm³/mol. The minimum Gasteiger partial charge on any atom is -0.377 e. The summed E-state index contributed by atoms with van der Waals surface area (Å²) in [5, 5.41) is 0. The van der Waals surface area contributed by atoms with Crippen molar-refractivity contribution in [2.45, 2.75) is 24.9 Å². The third-order valence-corrected chi connectivity index (χ3v) is 5.07. The van der Waals surface area contributed by atoms with Crippen LogP contribution >= 0.6 is 11.8 Å². The van der Waals surface area contributed by atoms with Crippen LogP contribution < -0.4 is 4.90 Å². The summed E-state index contributed by atoms with van der Waals surface area (Å²) in [6.07, 6.45) is 4.38.